The topological polar surface area (TPSA) is 66.5 Å². The van der Waals surface area contributed by atoms with Crippen LogP contribution in [0.3, 0.4) is 0 Å². The highest BCUT2D eigenvalue weighted by molar-refractivity contribution is 7.99. The maximum Gasteiger partial charge on any atom is 0.264 e. The predicted molar refractivity (Wildman–Crippen MR) is 127 cm³/mol. The van der Waals surface area contributed by atoms with E-state index < -0.39 is 10.0 Å². The molecule has 3 rings (SSSR count). The van der Waals surface area contributed by atoms with Crippen LogP contribution >= 0.6 is 11.8 Å². The molecule has 3 aromatic carbocycles. The number of carbonyl (C=O) groups is 1. The molecule has 5 nitrogen and oxygen atoms in total. The maximum atomic E-state index is 13.3. The lowest BCUT2D eigenvalue weighted by atomic mass is 10.2. The third-order valence-corrected chi connectivity index (χ3v) is 7.42. The van der Waals surface area contributed by atoms with Gasteiger partial charge < -0.3 is 5.32 Å². The second-order valence-electron chi connectivity index (χ2n) is 7.18. The van der Waals surface area contributed by atoms with Crippen LogP contribution in [0.15, 0.2) is 88.7 Å². The quantitative estimate of drug-likeness (QED) is 0.384. The van der Waals surface area contributed by atoms with E-state index in [-0.39, 0.29) is 17.3 Å². The van der Waals surface area contributed by atoms with E-state index in [1.165, 1.54) is 17.7 Å². The Balaban J connectivity index is 1.68. The first-order chi connectivity index (χ1) is 14.9. The summed E-state index contributed by atoms with van der Waals surface area (Å²) < 4.78 is 27.7. The van der Waals surface area contributed by atoms with Crippen molar-refractivity contribution in [2.75, 3.05) is 23.1 Å². The highest BCUT2D eigenvalue weighted by atomic mass is 32.2. The van der Waals surface area contributed by atoms with Crippen molar-refractivity contribution in [1.29, 1.82) is 0 Å². The Morgan fingerprint density at radius 1 is 0.903 bits per heavy atom. The Morgan fingerprint density at radius 2 is 1.61 bits per heavy atom. The van der Waals surface area contributed by atoms with E-state index in [9.17, 15) is 13.2 Å². The molecule has 0 saturated carbocycles. The van der Waals surface area contributed by atoms with Gasteiger partial charge >= 0.3 is 0 Å². The number of sulfonamides is 1. The molecule has 0 aliphatic rings. The molecule has 0 bridgehead atoms. The lowest BCUT2D eigenvalue weighted by Crippen LogP contribution is -2.41. The first-order valence-electron chi connectivity index (χ1n) is 9.97. The molecule has 1 amide bonds. The van der Waals surface area contributed by atoms with Gasteiger partial charge in [0, 0.05) is 17.2 Å². The number of amides is 1. The molecule has 0 spiro atoms. The summed E-state index contributed by atoms with van der Waals surface area (Å²) in [5, 5.41) is 2.84. The number of benzene rings is 3. The molecule has 0 atom stereocenters. The summed E-state index contributed by atoms with van der Waals surface area (Å²) in [7, 11) is -3.88. The van der Waals surface area contributed by atoms with Crippen molar-refractivity contribution in [3.05, 3.63) is 90.0 Å². The van der Waals surface area contributed by atoms with Crippen LogP contribution in [0.1, 0.15) is 11.1 Å². The van der Waals surface area contributed by atoms with E-state index in [1.54, 1.807) is 48.2 Å². The van der Waals surface area contributed by atoms with Crippen LogP contribution in [0.5, 0.6) is 0 Å². The van der Waals surface area contributed by atoms with Gasteiger partial charge in [-0.3, -0.25) is 9.10 Å². The minimum absolute atomic E-state index is 0.152. The van der Waals surface area contributed by atoms with Crippen molar-refractivity contribution >= 4 is 33.4 Å². The number of nitrogens with zero attached hydrogens (tertiary/aromatic N) is 1. The summed E-state index contributed by atoms with van der Waals surface area (Å²) in [5.41, 5.74) is 2.59. The Bertz CT molecular complexity index is 1120. The van der Waals surface area contributed by atoms with Crippen molar-refractivity contribution < 1.29 is 13.2 Å². The lowest BCUT2D eigenvalue weighted by Gasteiger charge is -2.24. The Kier molecular flexibility index (Phi) is 7.76. The van der Waals surface area contributed by atoms with Crippen molar-refractivity contribution in [3.8, 4) is 0 Å². The molecule has 7 heteroatoms. The van der Waals surface area contributed by atoms with Gasteiger partial charge in [0.1, 0.15) is 6.54 Å². The number of thioether (sulfide) groups is 1. The zero-order valence-corrected chi connectivity index (χ0v) is 19.2. The molecular weight excluding hydrogens is 428 g/mol. The average molecular weight is 455 g/mol. The number of hydrogen-bond acceptors (Lipinski definition) is 4. The molecule has 0 aliphatic carbocycles. The van der Waals surface area contributed by atoms with E-state index in [2.05, 4.69) is 17.4 Å². The summed E-state index contributed by atoms with van der Waals surface area (Å²) >= 11 is 1.64. The van der Waals surface area contributed by atoms with Crippen LogP contribution < -0.4 is 9.62 Å². The molecule has 1 N–H and O–H groups in total. The highest BCUT2D eigenvalue weighted by Crippen LogP contribution is 2.24. The molecular formula is C24H26N2O3S2. The molecule has 0 aromatic heterocycles. The van der Waals surface area contributed by atoms with Crippen molar-refractivity contribution in [2.24, 2.45) is 0 Å². The number of carbonyl (C=O) groups excluding carboxylic acids is 1. The van der Waals surface area contributed by atoms with Crippen LogP contribution in [0.4, 0.5) is 5.69 Å². The van der Waals surface area contributed by atoms with Crippen LogP contribution in [-0.4, -0.2) is 33.2 Å². The molecule has 31 heavy (non-hydrogen) atoms. The number of rotatable bonds is 9. The molecule has 0 fully saturated rings. The monoisotopic (exact) mass is 454 g/mol. The summed E-state index contributed by atoms with van der Waals surface area (Å²) in [4.78, 5) is 13.9. The molecule has 0 saturated heterocycles. The van der Waals surface area contributed by atoms with Gasteiger partial charge in [0.2, 0.25) is 5.91 Å². The van der Waals surface area contributed by atoms with Gasteiger partial charge in [0.25, 0.3) is 10.0 Å². The summed E-state index contributed by atoms with van der Waals surface area (Å²) in [6.07, 6.45) is 0. The third-order valence-electron chi connectivity index (χ3n) is 4.62. The smallest absolute Gasteiger partial charge is 0.264 e. The summed E-state index contributed by atoms with van der Waals surface area (Å²) in [6.45, 7) is 4.09. The van der Waals surface area contributed by atoms with Crippen LogP contribution in [-0.2, 0) is 14.8 Å². The molecule has 162 valence electrons. The average Bonchev–Trinajstić information content (AvgIpc) is 2.77. The van der Waals surface area contributed by atoms with Gasteiger partial charge in [-0.15, -0.1) is 11.8 Å². The van der Waals surface area contributed by atoms with Crippen LogP contribution in [0, 0.1) is 13.8 Å². The molecule has 0 heterocycles. The predicted octanol–water partition coefficient (Wildman–Crippen LogP) is 4.41. The summed E-state index contributed by atoms with van der Waals surface area (Å²) in [5.74, 6) is 0.357. The van der Waals surface area contributed by atoms with Crippen molar-refractivity contribution in [3.63, 3.8) is 0 Å². The second kappa shape index (κ2) is 10.5. The number of anilines is 1. The fourth-order valence-corrected chi connectivity index (χ4v) is 5.20. The summed E-state index contributed by atoms with van der Waals surface area (Å²) in [6, 6.07) is 23.5. The largest absolute Gasteiger partial charge is 0.354 e. The van der Waals surface area contributed by atoms with Crippen LogP contribution in [0.2, 0.25) is 0 Å². The van der Waals surface area contributed by atoms with Crippen molar-refractivity contribution in [2.45, 2.75) is 23.6 Å². The highest BCUT2D eigenvalue weighted by Gasteiger charge is 2.27. The van der Waals surface area contributed by atoms with E-state index in [0.29, 0.717) is 18.0 Å². The lowest BCUT2D eigenvalue weighted by molar-refractivity contribution is -0.119. The van der Waals surface area contributed by atoms with E-state index >= 15 is 0 Å². The number of aryl methyl sites for hydroxylation is 2. The molecule has 0 radical (unpaired) electrons. The molecule has 0 aliphatic heterocycles. The van der Waals surface area contributed by atoms with Gasteiger partial charge in [-0.2, -0.15) is 0 Å². The first-order valence-corrected chi connectivity index (χ1v) is 12.4. The Morgan fingerprint density at radius 3 is 2.29 bits per heavy atom. The van der Waals surface area contributed by atoms with E-state index in [0.717, 1.165) is 14.8 Å². The standard InChI is InChI=1S/C24H26N2O3S2/c1-19-11-13-22(14-12-19)30-16-15-25-24(27)18-26(21-8-6-7-20(2)17-21)31(28,29)23-9-4-3-5-10-23/h3-14,17H,15-16,18H2,1-2H3,(H,25,27). The van der Waals surface area contributed by atoms with E-state index in [4.69, 9.17) is 0 Å². The number of hydrogen-bond donors (Lipinski definition) is 1. The molecule has 3 aromatic rings. The second-order valence-corrected chi connectivity index (χ2v) is 10.2. The maximum absolute atomic E-state index is 13.3. The minimum Gasteiger partial charge on any atom is -0.354 e. The van der Waals surface area contributed by atoms with Gasteiger partial charge in [0.05, 0.1) is 10.6 Å². The van der Waals surface area contributed by atoms with Gasteiger partial charge in [-0.05, 0) is 55.8 Å². The van der Waals surface area contributed by atoms with Crippen LogP contribution in [0.25, 0.3) is 0 Å². The minimum atomic E-state index is -3.88. The Hall–Kier alpha value is -2.77. The van der Waals surface area contributed by atoms with Gasteiger partial charge in [-0.25, -0.2) is 8.42 Å². The Labute approximate surface area is 188 Å². The SMILES string of the molecule is Cc1ccc(SCCNC(=O)CN(c2cccc(C)c2)S(=O)(=O)c2ccccc2)cc1. The third kappa shape index (κ3) is 6.35. The van der Waals surface area contributed by atoms with Gasteiger partial charge in [0.15, 0.2) is 0 Å². The molecule has 0 unspecified atom stereocenters. The zero-order valence-electron chi connectivity index (χ0n) is 17.6. The fraction of sp³-hybridized carbons (Fsp3) is 0.208. The first kappa shape index (κ1) is 22.9. The number of nitrogens with one attached hydrogen (secondary N) is 1. The van der Waals surface area contributed by atoms with Crippen molar-refractivity contribution in [1.82, 2.24) is 5.32 Å². The fourth-order valence-electron chi connectivity index (χ4n) is 3.00. The van der Waals surface area contributed by atoms with Gasteiger partial charge in [-0.1, -0.05) is 48.0 Å². The normalized spacial score (nSPS) is 11.2. The van der Waals surface area contributed by atoms with E-state index in [1.807, 2.05) is 32.0 Å². The zero-order chi connectivity index (χ0) is 22.3.